The Morgan fingerprint density at radius 1 is 1.17 bits per heavy atom. The average Bonchev–Trinajstić information content (AvgIpc) is 2.76. The van der Waals surface area contributed by atoms with Gasteiger partial charge in [0.2, 0.25) is 0 Å². The highest BCUT2D eigenvalue weighted by molar-refractivity contribution is 5.98. The number of aliphatic imine (C=N–C) groups is 2. The molecule has 0 bridgehead atoms. The lowest BCUT2D eigenvalue weighted by atomic mass is 9.97. The van der Waals surface area contributed by atoms with Gasteiger partial charge in [0.05, 0.1) is 52.3 Å². The van der Waals surface area contributed by atoms with Gasteiger partial charge in [-0.2, -0.15) is 5.26 Å². The van der Waals surface area contributed by atoms with Crippen LogP contribution in [0.1, 0.15) is 41.8 Å². The van der Waals surface area contributed by atoms with Crippen LogP contribution in [0.2, 0.25) is 0 Å². The molecule has 0 spiro atoms. The predicted octanol–water partition coefficient (Wildman–Crippen LogP) is 5.66. The zero-order valence-electron chi connectivity index (χ0n) is 16.4. The summed E-state index contributed by atoms with van der Waals surface area (Å²) in [6.07, 6.45) is 4.50. The highest BCUT2D eigenvalue weighted by Crippen LogP contribution is 2.34. The van der Waals surface area contributed by atoms with Crippen LogP contribution in [0, 0.1) is 18.3 Å². The van der Waals surface area contributed by atoms with Gasteiger partial charge in [-0.15, -0.1) is 0 Å². The Hall–Kier alpha value is -3.78. The molecule has 0 saturated carbocycles. The highest BCUT2D eigenvalue weighted by Gasteiger charge is 2.18. The van der Waals surface area contributed by atoms with E-state index in [1.165, 1.54) is 0 Å². The lowest BCUT2D eigenvalue weighted by molar-refractivity contribution is 0.817. The summed E-state index contributed by atoms with van der Waals surface area (Å²) in [6, 6.07) is 19.9. The summed E-state index contributed by atoms with van der Waals surface area (Å²) in [7, 11) is 0. The van der Waals surface area contributed by atoms with Crippen LogP contribution < -0.4 is 5.32 Å². The minimum atomic E-state index is 0.0604. The van der Waals surface area contributed by atoms with Gasteiger partial charge in [-0.05, 0) is 55.8 Å². The SMILES string of the molecule is CC(=Nc1ccccc1C)c1ccc(NC2CC=Nc3ccc(C#N)cc32)cn1. The van der Waals surface area contributed by atoms with E-state index in [0.717, 1.165) is 46.0 Å². The lowest BCUT2D eigenvalue weighted by Crippen LogP contribution is -2.14. The second-order valence-electron chi connectivity index (χ2n) is 7.05. The molecule has 0 amide bonds. The number of nitrogens with one attached hydrogen (secondary N) is 1. The number of pyridine rings is 1. The zero-order chi connectivity index (χ0) is 20.2. The van der Waals surface area contributed by atoms with Gasteiger partial charge in [0.25, 0.3) is 0 Å². The van der Waals surface area contributed by atoms with E-state index in [-0.39, 0.29) is 6.04 Å². The van der Waals surface area contributed by atoms with Gasteiger partial charge in [0.1, 0.15) is 0 Å². The summed E-state index contributed by atoms with van der Waals surface area (Å²) in [6.45, 7) is 4.02. The fraction of sp³-hybridized carbons (Fsp3) is 0.167. The number of nitriles is 1. The van der Waals surface area contributed by atoms with E-state index < -0.39 is 0 Å². The van der Waals surface area contributed by atoms with Crippen LogP contribution in [0.4, 0.5) is 17.1 Å². The molecule has 29 heavy (non-hydrogen) atoms. The Labute approximate surface area is 170 Å². The zero-order valence-corrected chi connectivity index (χ0v) is 16.4. The molecule has 1 aromatic heterocycles. The molecule has 2 heterocycles. The molecule has 0 aliphatic carbocycles. The topological polar surface area (TPSA) is 73.4 Å². The number of anilines is 1. The number of para-hydroxylation sites is 1. The highest BCUT2D eigenvalue weighted by atomic mass is 15.0. The second kappa shape index (κ2) is 8.07. The smallest absolute Gasteiger partial charge is 0.0991 e. The Balaban J connectivity index is 1.53. The summed E-state index contributed by atoms with van der Waals surface area (Å²) < 4.78 is 0. The van der Waals surface area contributed by atoms with Crippen molar-refractivity contribution in [2.45, 2.75) is 26.3 Å². The van der Waals surface area contributed by atoms with Crippen molar-refractivity contribution in [2.75, 3.05) is 5.32 Å². The Morgan fingerprint density at radius 3 is 2.79 bits per heavy atom. The van der Waals surface area contributed by atoms with E-state index in [9.17, 15) is 5.26 Å². The van der Waals surface area contributed by atoms with E-state index in [2.05, 4.69) is 34.4 Å². The molecule has 1 aliphatic heterocycles. The average molecular weight is 379 g/mol. The maximum Gasteiger partial charge on any atom is 0.0991 e. The van der Waals surface area contributed by atoms with Gasteiger partial charge in [-0.25, -0.2) is 0 Å². The number of fused-ring (bicyclic) bond motifs is 1. The monoisotopic (exact) mass is 379 g/mol. The van der Waals surface area contributed by atoms with Gasteiger partial charge in [-0.1, -0.05) is 18.2 Å². The number of nitrogens with zero attached hydrogens (tertiary/aromatic N) is 4. The van der Waals surface area contributed by atoms with Crippen molar-refractivity contribution in [1.29, 1.82) is 5.26 Å². The van der Waals surface area contributed by atoms with Crippen LogP contribution in [-0.4, -0.2) is 16.9 Å². The van der Waals surface area contributed by atoms with Crippen LogP contribution >= 0.6 is 0 Å². The fourth-order valence-corrected chi connectivity index (χ4v) is 3.36. The molecule has 5 heteroatoms. The number of aromatic nitrogens is 1. The molecule has 5 nitrogen and oxygen atoms in total. The second-order valence-corrected chi connectivity index (χ2v) is 7.05. The van der Waals surface area contributed by atoms with Gasteiger partial charge in [0.15, 0.2) is 0 Å². The standard InChI is InChI=1S/C24H21N5/c1-16-5-3-4-6-21(16)28-17(2)22-10-8-19(15-27-22)29-24-11-12-26-23-9-7-18(14-25)13-20(23)24/h3-10,12-13,15,24,29H,11H2,1-2H3. The normalized spacial score (nSPS) is 15.5. The molecular formula is C24H21N5. The summed E-state index contributed by atoms with van der Waals surface area (Å²) in [5.41, 5.74) is 7.32. The first kappa shape index (κ1) is 18.6. The minimum Gasteiger partial charge on any atom is -0.377 e. The van der Waals surface area contributed by atoms with E-state index in [0.29, 0.717) is 5.56 Å². The van der Waals surface area contributed by atoms with Crippen molar-refractivity contribution in [1.82, 2.24) is 4.98 Å². The fourth-order valence-electron chi connectivity index (χ4n) is 3.36. The van der Waals surface area contributed by atoms with Gasteiger partial charge in [-0.3, -0.25) is 15.0 Å². The van der Waals surface area contributed by atoms with Gasteiger partial charge in [0, 0.05) is 18.2 Å². The van der Waals surface area contributed by atoms with Gasteiger partial charge >= 0.3 is 0 Å². The van der Waals surface area contributed by atoms with Crippen LogP contribution in [0.15, 0.2) is 70.8 Å². The number of benzene rings is 2. The third-order valence-corrected chi connectivity index (χ3v) is 4.98. The van der Waals surface area contributed by atoms with Crippen molar-refractivity contribution in [3.05, 3.63) is 83.2 Å². The maximum absolute atomic E-state index is 9.19. The quantitative estimate of drug-likeness (QED) is 0.594. The number of hydrogen-bond acceptors (Lipinski definition) is 5. The Kier molecular flexibility index (Phi) is 5.17. The Bertz CT molecular complexity index is 1140. The molecule has 0 saturated heterocycles. The molecule has 4 rings (SSSR count). The van der Waals surface area contributed by atoms with Crippen LogP contribution in [0.3, 0.4) is 0 Å². The molecule has 142 valence electrons. The van der Waals surface area contributed by atoms with Crippen LogP contribution in [-0.2, 0) is 0 Å². The molecule has 1 unspecified atom stereocenters. The van der Waals surface area contributed by atoms with Crippen molar-refractivity contribution >= 4 is 29.0 Å². The molecule has 0 radical (unpaired) electrons. The third-order valence-electron chi connectivity index (χ3n) is 4.98. The van der Waals surface area contributed by atoms with E-state index >= 15 is 0 Å². The Morgan fingerprint density at radius 2 is 2.03 bits per heavy atom. The first-order valence-electron chi connectivity index (χ1n) is 9.54. The maximum atomic E-state index is 9.19. The molecule has 1 N–H and O–H groups in total. The van der Waals surface area contributed by atoms with Crippen LogP contribution in [0.25, 0.3) is 0 Å². The third kappa shape index (κ3) is 4.07. The molecule has 1 aliphatic rings. The summed E-state index contributed by atoms with van der Waals surface area (Å²) in [5, 5.41) is 12.7. The first-order valence-corrected chi connectivity index (χ1v) is 9.54. The van der Waals surface area contributed by atoms with Crippen molar-refractivity contribution in [3.8, 4) is 6.07 Å². The van der Waals surface area contributed by atoms with E-state index in [4.69, 9.17) is 4.99 Å². The number of hydrogen-bond donors (Lipinski definition) is 1. The van der Waals surface area contributed by atoms with Crippen LogP contribution in [0.5, 0.6) is 0 Å². The molecule has 1 atom stereocenters. The van der Waals surface area contributed by atoms with Crippen molar-refractivity contribution in [2.24, 2.45) is 9.98 Å². The number of aryl methyl sites for hydroxylation is 1. The first-order chi connectivity index (χ1) is 14.1. The molecule has 3 aromatic rings. The summed E-state index contributed by atoms with van der Waals surface area (Å²) in [4.78, 5) is 13.7. The lowest BCUT2D eigenvalue weighted by Gasteiger charge is -2.23. The van der Waals surface area contributed by atoms with E-state index in [1.807, 2.05) is 61.8 Å². The summed E-state index contributed by atoms with van der Waals surface area (Å²) in [5.74, 6) is 0. The van der Waals surface area contributed by atoms with Crippen molar-refractivity contribution < 1.29 is 0 Å². The predicted molar refractivity (Wildman–Crippen MR) is 118 cm³/mol. The summed E-state index contributed by atoms with van der Waals surface area (Å²) >= 11 is 0. The minimum absolute atomic E-state index is 0.0604. The molecule has 2 aromatic carbocycles. The number of rotatable bonds is 4. The van der Waals surface area contributed by atoms with E-state index in [1.54, 1.807) is 6.07 Å². The van der Waals surface area contributed by atoms with Gasteiger partial charge < -0.3 is 5.32 Å². The molecule has 0 fully saturated rings. The van der Waals surface area contributed by atoms with Crippen molar-refractivity contribution in [3.63, 3.8) is 0 Å². The largest absolute Gasteiger partial charge is 0.377 e. The molecular weight excluding hydrogens is 358 g/mol.